The number of aliphatic hydroxyl groups is 4. The van der Waals surface area contributed by atoms with Crippen LogP contribution < -0.4 is 21.3 Å². The van der Waals surface area contributed by atoms with E-state index >= 15 is 26.3 Å². The van der Waals surface area contributed by atoms with Gasteiger partial charge in [-0.3, -0.25) is 20.0 Å². The first-order valence-electron chi connectivity index (χ1n) is 21.1. The summed E-state index contributed by atoms with van der Waals surface area (Å²) < 4.78 is 92.8. The van der Waals surface area contributed by atoms with Crippen LogP contribution in [-0.2, 0) is 0 Å². The van der Waals surface area contributed by atoms with Gasteiger partial charge in [0.2, 0.25) is 0 Å². The second kappa shape index (κ2) is 14.2. The van der Waals surface area contributed by atoms with E-state index in [1.807, 2.05) is 13.8 Å². The molecule has 0 amide bonds. The number of halogens is 6. The van der Waals surface area contributed by atoms with E-state index in [1.165, 1.54) is 0 Å². The molecule has 4 aliphatic heterocycles. The zero-order valence-electron chi connectivity index (χ0n) is 32.2. The third-order valence-electron chi connectivity index (χ3n) is 15.6. The lowest BCUT2D eigenvalue weighted by Crippen LogP contribution is -2.63. The van der Waals surface area contributed by atoms with E-state index < -0.39 is 102 Å². The third-order valence-corrected chi connectivity index (χ3v) is 15.6. The minimum Gasteiger partial charge on any atom is -0.393 e. The molecule has 18 atom stereocenters. The Balaban J connectivity index is 0.870. The van der Waals surface area contributed by atoms with Crippen molar-refractivity contribution in [2.45, 2.75) is 176 Å². The highest BCUT2D eigenvalue weighted by Gasteiger charge is 2.77. The van der Waals surface area contributed by atoms with Crippen LogP contribution in [0.1, 0.15) is 90.9 Å². The fourth-order valence-electron chi connectivity index (χ4n) is 12.7. The predicted molar refractivity (Wildman–Crippen MR) is 199 cm³/mol. The molecule has 0 aromatic heterocycles. The molecule has 0 radical (unpaired) electrons. The van der Waals surface area contributed by atoms with Gasteiger partial charge in [-0.15, -0.1) is 0 Å². The van der Waals surface area contributed by atoms with E-state index in [4.69, 9.17) is 9.98 Å². The van der Waals surface area contributed by atoms with Crippen LogP contribution in [0.15, 0.2) is 20.0 Å². The highest BCUT2D eigenvalue weighted by Crippen LogP contribution is 2.65. The van der Waals surface area contributed by atoms with Gasteiger partial charge < -0.3 is 41.7 Å². The van der Waals surface area contributed by atoms with Crippen molar-refractivity contribution in [3.05, 3.63) is 0 Å². The average Bonchev–Trinajstić information content (AvgIpc) is 3.92. The molecule has 0 saturated heterocycles. The molecule has 5 aliphatic carbocycles. The molecule has 18 heteroatoms. The van der Waals surface area contributed by atoms with Gasteiger partial charge in [-0.05, 0) is 102 Å². The third kappa shape index (κ3) is 6.64. The van der Waals surface area contributed by atoms with Crippen LogP contribution in [0, 0.1) is 40.9 Å². The maximum absolute atomic E-state index is 15.5. The number of aliphatic imine (C=N–C) groups is 4. The Morgan fingerprint density at radius 3 is 1.37 bits per heavy atom. The van der Waals surface area contributed by atoms with Gasteiger partial charge in [-0.25, -0.2) is 0 Å². The van der Waals surface area contributed by atoms with Gasteiger partial charge in [0.25, 0.3) is 0 Å². The van der Waals surface area contributed by atoms with Crippen LogP contribution in [0.25, 0.3) is 0 Å². The highest BCUT2D eigenvalue weighted by atomic mass is 19.4. The van der Waals surface area contributed by atoms with E-state index in [0.717, 1.165) is 18.7 Å². The van der Waals surface area contributed by atoms with Gasteiger partial charge >= 0.3 is 12.4 Å². The SMILES string of the molecule is CC1=NC2CC3N=C(C4CC(O)C(C5=NC6CCC(C(C7CCC8N=C(C9CC(O)C(C)CC9O)NC8C7)(C(F)(F)F)C(F)(F)F)CC6N5)CC4O)NC3CC2N1. The summed E-state index contributed by atoms with van der Waals surface area (Å²) in [5.74, 6) is -3.00. The van der Waals surface area contributed by atoms with Crippen molar-refractivity contribution < 1.29 is 46.8 Å². The number of fused-ring (bicyclic) bond motifs is 4. The number of amidine groups is 4. The molecule has 57 heavy (non-hydrogen) atoms. The van der Waals surface area contributed by atoms with Gasteiger partial charge in [-0.2, -0.15) is 26.3 Å². The standard InChI is InChI=1S/C39H56F6N8O4/c1-15-7-31(55)19(10-30(15)54)34-48-22-5-3-17(8-24(22)50-34)37(38(40,41)42,39(43,44)45)18-4-6-23-25(9-18)51-35(49-23)20-11-33(57)21(12-32(20)56)36-52-28-13-26-27(14-29(28)53-36)47-16(2)46-26/h15,17-33,54-57H,3-14H2,1-2H3,(H,46,47)(H,48,50)(H,49,51)(H,52,53). The van der Waals surface area contributed by atoms with Crippen LogP contribution in [0.2, 0.25) is 0 Å². The Kier molecular flexibility index (Phi) is 9.91. The molecule has 18 unspecified atom stereocenters. The lowest BCUT2D eigenvalue weighted by Gasteiger charge is -2.52. The normalized spacial score (nSPS) is 47.1. The van der Waals surface area contributed by atoms with Gasteiger partial charge in [-0.1, -0.05) is 6.92 Å². The lowest BCUT2D eigenvalue weighted by molar-refractivity contribution is -0.382. The van der Waals surface area contributed by atoms with Crippen molar-refractivity contribution in [3.63, 3.8) is 0 Å². The first-order valence-corrected chi connectivity index (χ1v) is 21.1. The Bertz CT molecular complexity index is 1680. The number of nitrogens with one attached hydrogen (secondary N) is 4. The number of aliphatic hydroxyl groups excluding tert-OH is 4. The Labute approximate surface area is 328 Å². The predicted octanol–water partition coefficient (Wildman–Crippen LogP) is 2.98. The average molecular weight is 815 g/mol. The van der Waals surface area contributed by atoms with E-state index in [2.05, 4.69) is 31.3 Å². The highest BCUT2D eigenvalue weighted by molar-refractivity contribution is 5.90. The number of nitrogens with zero attached hydrogens (tertiary/aromatic N) is 4. The zero-order chi connectivity index (χ0) is 40.3. The van der Waals surface area contributed by atoms with Crippen molar-refractivity contribution in [3.8, 4) is 0 Å². The van der Waals surface area contributed by atoms with Crippen LogP contribution in [-0.4, -0.2) is 129 Å². The number of hydrogen-bond acceptors (Lipinski definition) is 12. The molecule has 0 aromatic rings. The first kappa shape index (κ1) is 39.7. The molecular formula is C39H56F6N8O4. The monoisotopic (exact) mass is 814 g/mol. The van der Waals surface area contributed by atoms with E-state index in [9.17, 15) is 20.4 Å². The molecular weight excluding hydrogens is 758 g/mol. The van der Waals surface area contributed by atoms with Crippen molar-refractivity contribution in [2.24, 2.45) is 60.9 Å². The van der Waals surface area contributed by atoms with Crippen LogP contribution in [0.3, 0.4) is 0 Å². The first-order chi connectivity index (χ1) is 26.9. The zero-order valence-corrected chi connectivity index (χ0v) is 32.2. The largest absolute Gasteiger partial charge is 0.403 e. The molecule has 9 rings (SSSR count). The fraction of sp³-hybridized carbons (Fsp3) is 0.897. The smallest absolute Gasteiger partial charge is 0.393 e. The number of hydrogen-bond donors (Lipinski definition) is 8. The molecule has 12 nitrogen and oxygen atoms in total. The van der Waals surface area contributed by atoms with Crippen molar-refractivity contribution in [1.29, 1.82) is 0 Å². The summed E-state index contributed by atoms with van der Waals surface area (Å²) in [4.78, 5) is 19.0. The van der Waals surface area contributed by atoms with Crippen molar-refractivity contribution in [1.82, 2.24) is 21.3 Å². The minimum atomic E-state index is -5.58. The van der Waals surface area contributed by atoms with Crippen molar-refractivity contribution >= 4 is 23.3 Å². The Morgan fingerprint density at radius 1 is 0.474 bits per heavy atom. The molecule has 8 N–H and O–H groups in total. The van der Waals surface area contributed by atoms with Gasteiger partial charge in [0, 0.05) is 29.8 Å². The molecule has 5 saturated carbocycles. The maximum atomic E-state index is 15.5. The summed E-state index contributed by atoms with van der Waals surface area (Å²) in [6.07, 6.45) is -13.4. The van der Waals surface area contributed by atoms with Crippen LogP contribution in [0.5, 0.6) is 0 Å². The minimum absolute atomic E-state index is 0.0158. The lowest BCUT2D eigenvalue weighted by atomic mass is 9.56. The molecule has 0 bridgehead atoms. The van der Waals surface area contributed by atoms with E-state index in [1.54, 1.807) is 0 Å². The molecule has 318 valence electrons. The molecule has 5 fully saturated rings. The van der Waals surface area contributed by atoms with Gasteiger partial charge in [0.1, 0.15) is 17.5 Å². The second-order valence-electron chi connectivity index (χ2n) is 18.9. The van der Waals surface area contributed by atoms with Crippen LogP contribution >= 0.6 is 0 Å². The van der Waals surface area contributed by atoms with E-state index in [-0.39, 0.29) is 81.5 Å². The quantitative estimate of drug-likeness (QED) is 0.196. The van der Waals surface area contributed by atoms with Gasteiger partial charge in [0.15, 0.2) is 5.41 Å². The second-order valence-corrected chi connectivity index (χ2v) is 18.9. The van der Waals surface area contributed by atoms with Gasteiger partial charge in [0.05, 0.1) is 66.5 Å². The molecule has 0 aromatic carbocycles. The molecule has 4 heterocycles. The van der Waals surface area contributed by atoms with Crippen molar-refractivity contribution in [2.75, 3.05) is 0 Å². The fourth-order valence-corrected chi connectivity index (χ4v) is 12.7. The number of alkyl halides is 6. The van der Waals surface area contributed by atoms with E-state index in [0.29, 0.717) is 23.9 Å². The molecule has 9 aliphatic rings. The topological polar surface area (TPSA) is 178 Å². The maximum Gasteiger partial charge on any atom is 0.403 e. The Hall–Kier alpha value is -2.70. The summed E-state index contributed by atoms with van der Waals surface area (Å²) in [7, 11) is 0. The summed E-state index contributed by atoms with van der Waals surface area (Å²) in [5, 5.41) is 57.2. The summed E-state index contributed by atoms with van der Waals surface area (Å²) in [5.41, 5.74) is -3.96. The summed E-state index contributed by atoms with van der Waals surface area (Å²) >= 11 is 0. The summed E-state index contributed by atoms with van der Waals surface area (Å²) in [6.45, 7) is 3.77. The van der Waals surface area contributed by atoms with Crippen LogP contribution in [0.4, 0.5) is 26.3 Å². The summed E-state index contributed by atoms with van der Waals surface area (Å²) in [6, 6.07) is -2.06. The number of rotatable bonds is 5. The Morgan fingerprint density at radius 2 is 0.877 bits per heavy atom. The molecule has 0 spiro atoms.